The molecule has 2 saturated heterocycles. The fraction of sp³-hybridized carbons (Fsp3) is 0.407. The minimum atomic E-state index is -0.256. The van der Waals surface area contributed by atoms with E-state index in [1.54, 1.807) is 18.3 Å². The summed E-state index contributed by atoms with van der Waals surface area (Å²) in [6, 6.07) is 13.9. The van der Waals surface area contributed by atoms with Gasteiger partial charge in [0.05, 0.1) is 6.21 Å². The van der Waals surface area contributed by atoms with E-state index < -0.39 is 0 Å². The van der Waals surface area contributed by atoms with Crippen molar-refractivity contribution in [3.05, 3.63) is 65.5 Å². The van der Waals surface area contributed by atoms with E-state index in [4.69, 9.17) is 9.72 Å². The van der Waals surface area contributed by atoms with Gasteiger partial charge in [-0.2, -0.15) is 20.1 Å². The molecule has 1 N–H and O–H groups in total. The molecule has 5 rings (SSSR count). The highest BCUT2D eigenvalue weighted by Gasteiger charge is 2.20. The Morgan fingerprint density at radius 3 is 2.11 bits per heavy atom. The number of piperidine rings is 2. The molecule has 188 valence electrons. The number of anilines is 3. The third-order valence-corrected chi connectivity index (χ3v) is 6.44. The zero-order chi connectivity index (χ0) is 24.6. The van der Waals surface area contributed by atoms with Gasteiger partial charge in [-0.1, -0.05) is 24.3 Å². The average Bonchev–Trinajstić information content (AvgIpc) is 2.94. The molecule has 2 aromatic carbocycles. The topological polar surface area (TPSA) is 78.8 Å². The molecule has 0 spiro atoms. The first-order valence-electron chi connectivity index (χ1n) is 12.8. The van der Waals surface area contributed by atoms with E-state index in [-0.39, 0.29) is 5.82 Å². The molecule has 0 bridgehead atoms. The SMILES string of the molecule is Fc1ccc(COc2cccc(/C=N/Nc3nc(N4CCCCC4)nc(N4CCCCC4)n3)c2)cc1. The summed E-state index contributed by atoms with van der Waals surface area (Å²) < 4.78 is 19.0. The van der Waals surface area contributed by atoms with E-state index in [1.165, 1.54) is 25.0 Å². The van der Waals surface area contributed by atoms with Crippen molar-refractivity contribution in [1.29, 1.82) is 0 Å². The van der Waals surface area contributed by atoms with Crippen LogP contribution in [0.4, 0.5) is 22.2 Å². The fourth-order valence-corrected chi connectivity index (χ4v) is 4.47. The van der Waals surface area contributed by atoms with Crippen LogP contribution in [0.15, 0.2) is 53.6 Å². The van der Waals surface area contributed by atoms with Crippen molar-refractivity contribution in [1.82, 2.24) is 15.0 Å². The van der Waals surface area contributed by atoms with Crippen LogP contribution in [0.3, 0.4) is 0 Å². The Morgan fingerprint density at radius 2 is 1.47 bits per heavy atom. The normalized spacial score (nSPS) is 16.4. The molecule has 0 aliphatic carbocycles. The Labute approximate surface area is 211 Å². The van der Waals surface area contributed by atoms with Crippen LogP contribution < -0.4 is 20.0 Å². The summed E-state index contributed by atoms with van der Waals surface area (Å²) in [5.41, 5.74) is 4.79. The zero-order valence-corrected chi connectivity index (χ0v) is 20.4. The molecule has 3 aromatic rings. The van der Waals surface area contributed by atoms with Gasteiger partial charge in [-0.05, 0) is 73.9 Å². The second-order valence-electron chi connectivity index (χ2n) is 9.21. The molecule has 0 unspecified atom stereocenters. The first-order chi connectivity index (χ1) is 17.7. The lowest BCUT2D eigenvalue weighted by molar-refractivity contribution is 0.306. The van der Waals surface area contributed by atoms with Gasteiger partial charge in [0, 0.05) is 26.2 Å². The number of hydrogen-bond donors (Lipinski definition) is 1. The van der Waals surface area contributed by atoms with Gasteiger partial charge in [-0.3, -0.25) is 0 Å². The Morgan fingerprint density at radius 1 is 0.833 bits per heavy atom. The molecule has 0 atom stereocenters. The molecule has 2 aliphatic heterocycles. The molecule has 8 nitrogen and oxygen atoms in total. The van der Waals surface area contributed by atoms with Crippen molar-refractivity contribution in [2.45, 2.75) is 45.1 Å². The predicted octanol–water partition coefficient (Wildman–Crippen LogP) is 5.02. The maximum absolute atomic E-state index is 13.1. The average molecular weight is 490 g/mol. The third kappa shape index (κ3) is 6.47. The van der Waals surface area contributed by atoms with Gasteiger partial charge in [-0.15, -0.1) is 0 Å². The molecule has 0 amide bonds. The van der Waals surface area contributed by atoms with E-state index >= 15 is 0 Å². The van der Waals surface area contributed by atoms with Crippen molar-refractivity contribution in [3.63, 3.8) is 0 Å². The van der Waals surface area contributed by atoms with Crippen molar-refractivity contribution in [2.24, 2.45) is 5.10 Å². The number of aromatic nitrogens is 3. The number of halogens is 1. The number of hydrogen-bond acceptors (Lipinski definition) is 8. The highest BCUT2D eigenvalue weighted by atomic mass is 19.1. The van der Waals surface area contributed by atoms with Crippen molar-refractivity contribution >= 4 is 24.1 Å². The summed E-state index contributed by atoms with van der Waals surface area (Å²) in [5.74, 6) is 2.35. The van der Waals surface area contributed by atoms with Gasteiger partial charge in [0.1, 0.15) is 18.2 Å². The second-order valence-corrected chi connectivity index (χ2v) is 9.21. The maximum Gasteiger partial charge on any atom is 0.250 e. The van der Waals surface area contributed by atoms with E-state index in [2.05, 4.69) is 30.3 Å². The molecular formula is C27H32FN7O. The number of rotatable bonds is 8. The fourth-order valence-electron chi connectivity index (χ4n) is 4.47. The number of nitrogens with zero attached hydrogens (tertiary/aromatic N) is 6. The minimum Gasteiger partial charge on any atom is -0.489 e. The standard InChI is InChI=1S/C27H32FN7O/c28-23-12-10-21(11-13-23)20-36-24-9-7-8-22(18-24)19-29-33-25-30-26(34-14-3-1-4-15-34)32-27(31-25)35-16-5-2-6-17-35/h7-13,18-19H,1-6,14-17,20H2,(H,30,31,32,33)/b29-19+. The van der Waals surface area contributed by atoms with Crippen LogP contribution in [-0.2, 0) is 6.61 Å². The van der Waals surface area contributed by atoms with Crippen LogP contribution in [0.5, 0.6) is 5.75 Å². The molecule has 1 aromatic heterocycles. The van der Waals surface area contributed by atoms with Crippen LogP contribution in [0.2, 0.25) is 0 Å². The smallest absolute Gasteiger partial charge is 0.250 e. The first-order valence-corrected chi connectivity index (χ1v) is 12.8. The lowest BCUT2D eigenvalue weighted by Crippen LogP contribution is -2.34. The molecule has 0 radical (unpaired) electrons. The van der Waals surface area contributed by atoms with Crippen LogP contribution in [0.1, 0.15) is 49.7 Å². The predicted molar refractivity (Wildman–Crippen MR) is 140 cm³/mol. The number of hydrazone groups is 1. The summed E-state index contributed by atoms with van der Waals surface area (Å²) in [7, 11) is 0. The molecule has 2 fully saturated rings. The maximum atomic E-state index is 13.1. The van der Waals surface area contributed by atoms with Crippen molar-refractivity contribution in [3.8, 4) is 5.75 Å². The third-order valence-electron chi connectivity index (χ3n) is 6.44. The zero-order valence-electron chi connectivity index (χ0n) is 20.4. The summed E-state index contributed by atoms with van der Waals surface area (Å²) in [5, 5.41) is 4.39. The Balaban J connectivity index is 1.26. The number of ether oxygens (including phenoxy) is 1. The van der Waals surface area contributed by atoms with E-state index in [0.717, 1.165) is 74.9 Å². The summed E-state index contributed by atoms with van der Waals surface area (Å²) in [4.78, 5) is 18.6. The molecular weight excluding hydrogens is 457 g/mol. The minimum absolute atomic E-state index is 0.256. The van der Waals surface area contributed by atoms with Gasteiger partial charge in [0.2, 0.25) is 17.8 Å². The van der Waals surface area contributed by atoms with Crippen LogP contribution in [0.25, 0.3) is 0 Å². The molecule has 3 heterocycles. The lowest BCUT2D eigenvalue weighted by Gasteiger charge is -2.30. The molecule has 9 heteroatoms. The van der Waals surface area contributed by atoms with E-state index in [0.29, 0.717) is 18.3 Å². The Hall–Kier alpha value is -3.75. The van der Waals surface area contributed by atoms with Crippen LogP contribution >= 0.6 is 0 Å². The summed E-state index contributed by atoms with van der Waals surface area (Å²) in [6.07, 6.45) is 8.85. The largest absolute Gasteiger partial charge is 0.489 e. The molecule has 0 saturated carbocycles. The Kier molecular flexibility index (Phi) is 7.85. The summed E-state index contributed by atoms with van der Waals surface area (Å²) >= 11 is 0. The van der Waals surface area contributed by atoms with Crippen LogP contribution in [0, 0.1) is 5.82 Å². The number of nitrogens with one attached hydrogen (secondary N) is 1. The Bertz CT molecular complexity index is 1120. The number of benzene rings is 2. The first kappa shape index (κ1) is 24.0. The van der Waals surface area contributed by atoms with Crippen molar-refractivity contribution < 1.29 is 9.13 Å². The molecule has 36 heavy (non-hydrogen) atoms. The van der Waals surface area contributed by atoms with Gasteiger partial charge in [-0.25, -0.2) is 9.82 Å². The van der Waals surface area contributed by atoms with Crippen molar-refractivity contribution in [2.75, 3.05) is 41.4 Å². The quantitative estimate of drug-likeness (QED) is 0.352. The highest BCUT2D eigenvalue weighted by Crippen LogP contribution is 2.22. The second kappa shape index (κ2) is 11.8. The summed E-state index contributed by atoms with van der Waals surface area (Å²) in [6.45, 7) is 4.24. The van der Waals surface area contributed by atoms with E-state index in [1.807, 2.05) is 24.3 Å². The lowest BCUT2D eigenvalue weighted by atomic mass is 10.1. The van der Waals surface area contributed by atoms with Gasteiger partial charge >= 0.3 is 0 Å². The van der Waals surface area contributed by atoms with Crippen LogP contribution in [-0.4, -0.2) is 47.3 Å². The van der Waals surface area contributed by atoms with Gasteiger partial charge < -0.3 is 14.5 Å². The van der Waals surface area contributed by atoms with Gasteiger partial charge in [0.15, 0.2) is 0 Å². The van der Waals surface area contributed by atoms with E-state index in [9.17, 15) is 4.39 Å². The highest BCUT2D eigenvalue weighted by molar-refractivity contribution is 5.80. The monoisotopic (exact) mass is 489 g/mol. The molecule has 2 aliphatic rings. The van der Waals surface area contributed by atoms with Gasteiger partial charge in [0.25, 0.3) is 0 Å².